The summed E-state index contributed by atoms with van der Waals surface area (Å²) in [6.45, 7) is 19.9. The monoisotopic (exact) mass is 821 g/mol. The third-order valence-electron chi connectivity index (χ3n) is 21.2. The van der Waals surface area contributed by atoms with Crippen molar-refractivity contribution in [2.75, 3.05) is 6.54 Å². The van der Waals surface area contributed by atoms with Crippen LogP contribution in [0, 0.1) is 79.3 Å². The summed E-state index contributed by atoms with van der Waals surface area (Å²) in [6, 6.07) is 4.01. The van der Waals surface area contributed by atoms with Crippen molar-refractivity contribution in [2.45, 2.75) is 164 Å². The Balaban J connectivity index is 0.915. The molecule has 0 aromatic carbocycles. The molecular weight excluding hydrogens is 749 g/mol. The third-order valence-corrected chi connectivity index (χ3v) is 21.2. The highest BCUT2D eigenvalue weighted by molar-refractivity contribution is 5.85. The Morgan fingerprint density at radius 3 is 2.27 bits per heavy atom. The zero-order chi connectivity index (χ0) is 42.4. The van der Waals surface area contributed by atoms with Crippen LogP contribution in [0.2, 0.25) is 0 Å². The number of pyridine rings is 1. The number of hydrogen-bond acceptors (Lipinski definition) is 6. The number of fused-ring (bicyclic) bond motifs is 7. The number of amides is 1. The highest BCUT2D eigenvalue weighted by Crippen LogP contribution is 2.79. The molecule has 7 saturated carbocycles. The van der Waals surface area contributed by atoms with E-state index >= 15 is 4.79 Å². The lowest BCUT2D eigenvalue weighted by atomic mass is 9.32. The summed E-state index contributed by atoms with van der Waals surface area (Å²) in [5.41, 5.74) is 1.74. The second-order valence-corrected chi connectivity index (χ2v) is 24.0. The Labute approximate surface area is 358 Å². The van der Waals surface area contributed by atoms with Gasteiger partial charge in [0.1, 0.15) is 11.9 Å². The van der Waals surface area contributed by atoms with Crippen molar-refractivity contribution in [3.63, 3.8) is 0 Å². The van der Waals surface area contributed by atoms with E-state index in [1.54, 1.807) is 6.20 Å². The average molecular weight is 821 g/mol. The van der Waals surface area contributed by atoms with E-state index in [9.17, 15) is 14.7 Å². The van der Waals surface area contributed by atoms with E-state index in [1.807, 2.05) is 32.3 Å². The van der Waals surface area contributed by atoms with Gasteiger partial charge < -0.3 is 19.7 Å². The van der Waals surface area contributed by atoms with Crippen molar-refractivity contribution in [1.82, 2.24) is 19.9 Å². The summed E-state index contributed by atoms with van der Waals surface area (Å²) in [4.78, 5) is 56.4. The number of aromatic amines is 1. The first-order valence-corrected chi connectivity index (χ1v) is 24.0. The van der Waals surface area contributed by atoms with Gasteiger partial charge in [-0.15, -0.1) is 0 Å². The Morgan fingerprint density at radius 2 is 1.57 bits per heavy atom. The summed E-state index contributed by atoms with van der Waals surface area (Å²) in [6.07, 6.45) is 21.4. The van der Waals surface area contributed by atoms with Crippen LogP contribution in [0.3, 0.4) is 0 Å². The number of carboxylic acid groups (broad SMARTS) is 1. The number of aliphatic carboxylic acids is 1. The van der Waals surface area contributed by atoms with E-state index < -0.39 is 17.3 Å². The van der Waals surface area contributed by atoms with Gasteiger partial charge >= 0.3 is 11.9 Å². The lowest BCUT2D eigenvalue weighted by Crippen LogP contribution is -2.67. The van der Waals surface area contributed by atoms with E-state index in [4.69, 9.17) is 9.72 Å². The van der Waals surface area contributed by atoms with Gasteiger partial charge in [-0.1, -0.05) is 55.4 Å². The maximum atomic E-state index is 15.7. The maximum Gasteiger partial charge on any atom is 0.309 e. The number of esters is 1. The molecule has 13 atom stereocenters. The number of carboxylic acids is 1. The average Bonchev–Trinajstić information content (AvgIpc) is 3.59. The van der Waals surface area contributed by atoms with E-state index in [0.717, 1.165) is 75.0 Å². The Morgan fingerprint density at radius 1 is 0.783 bits per heavy atom. The minimum Gasteiger partial charge on any atom is -0.481 e. The Bertz CT molecular complexity index is 2060. The van der Waals surface area contributed by atoms with Crippen LogP contribution in [-0.2, 0) is 19.1 Å². The van der Waals surface area contributed by atoms with Crippen LogP contribution in [0.1, 0.15) is 164 Å². The maximum absolute atomic E-state index is 15.7. The Kier molecular flexibility index (Phi) is 9.11. The number of hydrogen-bond donors (Lipinski definition) is 2. The summed E-state index contributed by atoms with van der Waals surface area (Å²) in [7, 11) is 0. The van der Waals surface area contributed by atoms with E-state index in [0.29, 0.717) is 47.3 Å². The molecule has 9 heteroatoms. The van der Waals surface area contributed by atoms with Gasteiger partial charge in [0, 0.05) is 29.9 Å². The fourth-order valence-electron chi connectivity index (χ4n) is 17.2. The summed E-state index contributed by atoms with van der Waals surface area (Å²) in [5, 5.41) is 9.72. The second kappa shape index (κ2) is 13.4. The standard InChI is InChI=1S/C51H72N4O5/c1-45(2)33(42(56)57)27-34(45)43(58)60-39-17-18-48(6)37(46(39,3)4)16-19-50(8)38(48)14-13-32-40-31(47(5)21-22-47)15-20-51(40,24-23-49(32,50)7)44(59)55-26-10-12-36(55)41-53-29-35(54-41)30-11-9-25-52-28-30/h9,11,25,28-29,31-34,36-40H,10,12-24,26-27H2,1-8H3,(H,53,54)(H,56,57)/t31?,32-,33?,34?,36+,37+,38-,39+,40-,48+,49-,50-,51+/m1/s1. The molecule has 7 aliphatic carbocycles. The first-order chi connectivity index (χ1) is 28.3. The lowest BCUT2D eigenvalue weighted by molar-refractivity contribution is -0.253. The molecule has 3 heterocycles. The van der Waals surface area contributed by atoms with Crippen LogP contribution in [0.15, 0.2) is 30.7 Å². The predicted octanol–water partition coefficient (Wildman–Crippen LogP) is 10.7. The van der Waals surface area contributed by atoms with Crippen molar-refractivity contribution < 1.29 is 24.2 Å². The molecule has 8 aliphatic rings. The zero-order valence-electron chi connectivity index (χ0n) is 37.8. The van der Waals surface area contributed by atoms with E-state index in [2.05, 4.69) is 62.5 Å². The van der Waals surface area contributed by atoms with Crippen LogP contribution in [0.25, 0.3) is 11.3 Å². The van der Waals surface area contributed by atoms with Gasteiger partial charge in [0.15, 0.2) is 0 Å². The van der Waals surface area contributed by atoms with Crippen LogP contribution in [0.5, 0.6) is 0 Å². The minimum atomic E-state index is -0.812. The van der Waals surface area contributed by atoms with Gasteiger partial charge in [-0.3, -0.25) is 19.4 Å². The fraction of sp³-hybridized carbons (Fsp3) is 0.784. The SMILES string of the molecule is CC1(C2CC[C@]3(C(=O)N4CCC[C@H]4c4ncc(-c5cccnc5)[nH]4)CC[C@]4(C)[C@H](CC[C@@H]5[C@@]6(C)CC[C@H](OC(=O)C7CC(C(=O)O)C7(C)C)C(C)(C)[C@@H]6CC[C@]54C)[C@@H]23)CC1. The molecule has 10 rings (SSSR count). The molecule has 60 heavy (non-hydrogen) atoms. The molecule has 8 fully saturated rings. The van der Waals surface area contributed by atoms with Gasteiger partial charge in [-0.05, 0) is 165 Å². The molecule has 0 spiro atoms. The van der Waals surface area contributed by atoms with Crippen LogP contribution in [0.4, 0.5) is 0 Å². The number of likely N-dealkylation sites (tertiary alicyclic amines) is 1. The second-order valence-electron chi connectivity index (χ2n) is 24.0. The van der Waals surface area contributed by atoms with Gasteiger partial charge in [-0.25, -0.2) is 4.98 Å². The number of ether oxygens (including phenoxy) is 1. The molecule has 0 radical (unpaired) electrons. The number of aromatic nitrogens is 3. The molecule has 2 aromatic heterocycles. The van der Waals surface area contributed by atoms with Gasteiger partial charge in [0.05, 0.1) is 35.2 Å². The van der Waals surface area contributed by atoms with E-state index in [-0.39, 0.29) is 51.1 Å². The first-order valence-electron chi connectivity index (χ1n) is 24.0. The van der Waals surface area contributed by atoms with Crippen molar-refractivity contribution in [3.05, 3.63) is 36.5 Å². The molecule has 2 aromatic rings. The molecule has 1 saturated heterocycles. The summed E-state index contributed by atoms with van der Waals surface area (Å²) in [5.74, 6) is 2.08. The van der Waals surface area contributed by atoms with E-state index in [1.165, 1.54) is 38.5 Å². The molecule has 1 amide bonds. The first kappa shape index (κ1) is 40.8. The third kappa shape index (κ3) is 5.49. The van der Waals surface area contributed by atoms with Crippen LogP contribution >= 0.6 is 0 Å². The molecule has 2 N–H and O–H groups in total. The van der Waals surface area contributed by atoms with Crippen LogP contribution < -0.4 is 0 Å². The summed E-state index contributed by atoms with van der Waals surface area (Å²) < 4.78 is 6.49. The molecule has 9 nitrogen and oxygen atoms in total. The quantitative estimate of drug-likeness (QED) is 0.266. The number of nitrogens with zero attached hydrogens (tertiary/aromatic N) is 3. The number of H-pyrrole nitrogens is 1. The van der Waals surface area contributed by atoms with Crippen molar-refractivity contribution in [2.24, 2.45) is 79.3 Å². The molecule has 3 unspecified atom stereocenters. The number of carbonyl (C=O) groups is 3. The highest BCUT2D eigenvalue weighted by atomic mass is 16.5. The largest absolute Gasteiger partial charge is 0.481 e. The molecule has 326 valence electrons. The highest BCUT2D eigenvalue weighted by Gasteiger charge is 2.74. The van der Waals surface area contributed by atoms with Crippen molar-refractivity contribution in [1.29, 1.82) is 0 Å². The number of nitrogens with one attached hydrogen (secondary N) is 1. The van der Waals surface area contributed by atoms with Crippen molar-refractivity contribution >= 4 is 17.8 Å². The minimum absolute atomic E-state index is 0.00933. The zero-order valence-corrected chi connectivity index (χ0v) is 37.8. The molecular formula is C51H72N4O5. The number of rotatable bonds is 7. The van der Waals surface area contributed by atoms with Crippen LogP contribution in [-0.4, -0.2) is 55.5 Å². The predicted molar refractivity (Wildman–Crippen MR) is 230 cm³/mol. The van der Waals surface area contributed by atoms with Crippen molar-refractivity contribution in [3.8, 4) is 11.3 Å². The fourth-order valence-corrected chi connectivity index (χ4v) is 17.2. The normalized spacial score (nSPS) is 44.3. The number of carbonyl (C=O) groups excluding carboxylic acids is 2. The topological polar surface area (TPSA) is 125 Å². The smallest absolute Gasteiger partial charge is 0.309 e. The molecule has 0 bridgehead atoms. The Hall–Kier alpha value is -3.23. The van der Waals surface area contributed by atoms with Gasteiger partial charge in [-0.2, -0.15) is 0 Å². The summed E-state index contributed by atoms with van der Waals surface area (Å²) >= 11 is 0. The van der Waals surface area contributed by atoms with Gasteiger partial charge in [0.25, 0.3) is 0 Å². The van der Waals surface area contributed by atoms with Gasteiger partial charge in [0.2, 0.25) is 5.91 Å². The molecule has 1 aliphatic heterocycles. The lowest BCUT2D eigenvalue weighted by Gasteiger charge is -2.73. The number of imidazole rings is 1.